The van der Waals surface area contributed by atoms with Crippen LogP contribution >= 0.6 is 12.4 Å². The summed E-state index contributed by atoms with van der Waals surface area (Å²) in [4.78, 5) is 4.43. The maximum Gasteiger partial charge on any atom is 0.244 e. The summed E-state index contributed by atoms with van der Waals surface area (Å²) >= 11 is 0. The lowest BCUT2D eigenvalue weighted by Gasteiger charge is -2.09. The first-order valence-corrected chi connectivity index (χ1v) is 8.27. The van der Waals surface area contributed by atoms with Crippen molar-refractivity contribution in [1.82, 2.24) is 15.5 Å². The van der Waals surface area contributed by atoms with Gasteiger partial charge in [0.2, 0.25) is 11.7 Å². The molecule has 0 unspecified atom stereocenters. The number of hydrogen-bond acceptors (Lipinski definition) is 5. The van der Waals surface area contributed by atoms with Gasteiger partial charge in [0, 0.05) is 13.0 Å². The molecule has 2 heterocycles. The van der Waals surface area contributed by atoms with Crippen LogP contribution in [0.1, 0.15) is 23.9 Å². The van der Waals surface area contributed by atoms with E-state index in [-0.39, 0.29) is 18.4 Å². The largest absolute Gasteiger partial charge is 0.488 e. The Morgan fingerprint density at radius 2 is 1.88 bits per heavy atom. The van der Waals surface area contributed by atoms with Crippen LogP contribution in [0.4, 0.5) is 4.39 Å². The smallest absolute Gasteiger partial charge is 0.244 e. The molecule has 0 bridgehead atoms. The van der Waals surface area contributed by atoms with E-state index in [4.69, 9.17) is 9.26 Å². The second-order valence-electron chi connectivity index (χ2n) is 6.02. The Morgan fingerprint density at radius 3 is 2.65 bits per heavy atom. The molecule has 4 rings (SSSR count). The van der Waals surface area contributed by atoms with Crippen molar-refractivity contribution in [2.45, 2.75) is 25.2 Å². The van der Waals surface area contributed by atoms with Crippen LogP contribution in [0.3, 0.4) is 0 Å². The molecule has 136 valence electrons. The molecule has 1 aliphatic rings. The van der Waals surface area contributed by atoms with Crippen LogP contribution in [0, 0.1) is 0 Å². The molecule has 1 fully saturated rings. The first-order chi connectivity index (χ1) is 12.3. The Bertz CT molecular complexity index is 844. The maximum atomic E-state index is 13.3. The van der Waals surface area contributed by atoms with E-state index >= 15 is 0 Å². The Balaban J connectivity index is 0.00000196. The van der Waals surface area contributed by atoms with Gasteiger partial charge < -0.3 is 14.6 Å². The number of nitrogens with one attached hydrogen (secondary N) is 1. The average Bonchev–Trinajstić information content (AvgIpc) is 3.30. The van der Waals surface area contributed by atoms with Crippen LogP contribution in [-0.4, -0.2) is 22.9 Å². The summed E-state index contributed by atoms with van der Waals surface area (Å²) in [7, 11) is 0. The van der Waals surface area contributed by atoms with E-state index < -0.39 is 6.17 Å². The van der Waals surface area contributed by atoms with Gasteiger partial charge in [0.25, 0.3) is 0 Å². The molecule has 0 radical (unpaired) electrons. The minimum atomic E-state index is -0.873. The molecule has 0 saturated carbocycles. The molecule has 1 aliphatic heterocycles. The fourth-order valence-corrected chi connectivity index (χ4v) is 2.88. The summed E-state index contributed by atoms with van der Waals surface area (Å²) in [5.74, 6) is 1.54. The fourth-order valence-electron chi connectivity index (χ4n) is 2.88. The number of alkyl halides is 1. The summed E-state index contributed by atoms with van der Waals surface area (Å²) < 4.78 is 24.6. The molecule has 5 nitrogen and oxygen atoms in total. The average molecular weight is 376 g/mol. The normalized spacial score (nSPS) is 19.1. The third-order valence-electron chi connectivity index (χ3n) is 4.18. The number of aromatic nitrogens is 2. The molecule has 1 N–H and O–H groups in total. The summed E-state index contributed by atoms with van der Waals surface area (Å²) in [5, 5.41) is 7.09. The fraction of sp³-hybridized carbons (Fsp3) is 0.263. The number of para-hydroxylation sites is 1. The van der Waals surface area contributed by atoms with Crippen molar-refractivity contribution in [3.63, 3.8) is 0 Å². The summed E-state index contributed by atoms with van der Waals surface area (Å²) in [6.07, 6.45) is -0.518. The lowest BCUT2D eigenvalue weighted by molar-refractivity contribution is 0.307. The molecule has 1 saturated heterocycles. The summed E-state index contributed by atoms with van der Waals surface area (Å²) in [6, 6.07) is 17.3. The molecule has 0 amide bonds. The lowest BCUT2D eigenvalue weighted by atomic mass is 10.2. The van der Waals surface area contributed by atoms with Crippen LogP contribution < -0.4 is 10.1 Å². The number of halogens is 2. The molecule has 26 heavy (non-hydrogen) atoms. The monoisotopic (exact) mass is 375 g/mol. The van der Waals surface area contributed by atoms with Gasteiger partial charge in [-0.1, -0.05) is 47.6 Å². The number of benzene rings is 2. The Labute approximate surface area is 157 Å². The van der Waals surface area contributed by atoms with Gasteiger partial charge in [-0.3, -0.25) is 0 Å². The van der Waals surface area contributed by atoms with E-state index in [0.717, 1.165) is 11.1 Å². The zero-order valence-corrected chi connectivity index (χ0v) is 14.8. The highest BCUT2D eigenvalue weighted by Gasteiger charge is 2.29. The molecule has 2 atom stereocenters. The summed E-state index contributed by atoms with van der Waals surface area (Å²) in [5.41, 5.74) is 1.83. The minimum absolute atomic E-state index is 0. The number of ether oxygens (including phenoxy) is 1. The first-order valence-electron chi connectivity index (χ1n) is 8.27. The Kier molecular flexibility index (Phi) is 5.85. The molecule has 7 heteroatoms. The second-order valence-corrected chi connectivity index (χ2v) is 6.02. The SMILES string of the molecule is Cl.F[C@@H]1CN[C@@H](c2nc(-c3ccccc3OCc3ccccc3)no2)C1. The van der Waals surface area contributed by atoms with E-state index in [9.17, 15) is 4.39 Å². The third-order valence-corrected chi connectivity index (χ3v) is 4.18. The van der Waals surface area contributed by atoms with Crippen molar-refractivity contribution in [2.24, 2.45) is 0 Å². The highest BCUT2D eigenvalue weighted by molar-refractivity contribution is 5.85. The Hall–Kier alpha value is -2.44. The van der Waals surface area contributed by atoms with Crippen molar-refractivity contribution in [2.75, 3.05) is 6.54 Å². The van der Waals surface area contributed by atoms with Crippen LogP contribution in [-0.2, 0) is 6.61 Å². The number of rotatable bonds is 5. The highest BCUT2D eigenvalue weighted by Crippen LogP contribution is 2.30. The predicted molar refractivity (Wildman–Crippen MR) is 98.0 cm³/mol. The van der Waals surface area contributed by atoms with Crippen molar-refractivity contribution in [1.29, 1.82) is 0 Å². The molecule has 0 aliphatic carbocycles. The number of hydrogen-bond donors (Lipinski definition) is 1. The number of nitrogens with zero attached hydrogens (tertiary/aromatic N) is 2. The molecule has 2 aromatic carbocycles. The van der Waals surface area contributed by atoms with E-state index in [2.05, 4.69) is 15.5 Å². The predicted octanol–water partition coefficient (Wildman–Crippen LogP) is 4.11. The molecule has 1 aromatic heterocycles. The molecular formula is C19H19ClFN3O2. The van der Waals surface area contributed by atoms with Gasteiger partial charge in [0.1, 0.15) is 18.5 Å². The summed E-state index contributed by atoms with van der Waals surface area (Å²) in [6.45, 7) is 0.773. The lowest BCUT2D eigenvalue weighted by Crippen LogP contribution is -2.14. The first kappa shape index (κ1) is 18.4. The topological polar surface area (TPSA) is 60.2 Å². The van der Waals surface area contributed by atoms with Crippen molar-refractivity contribution < 1.29 is 13.7 Å². The van der Waals surface area contributed by atoms with Gasteiger partial charge in [-0.25, -0.2) is 4.39 Å². The van der Waals surface area contributed by atoms with E-state index in [0.29, 0.717) is 37.0 Å². The third kappa shape index (κ3) is 4.03. The van der Waals surface area contributed by atoms with Gasteiger partial charge in [0.05, 0.1) is 11.6 Å². The molecule has 0 spiro atoms. The minimum Gasteiger partial charge on any atom is -0.488 e. The molecule has 3 aromatic rings. The highest BCUT2D eigenvalue weighted by atomic mass is 35.5. The zero-order valence-electron chi connectivity index (χ0n) is 14.0. The van der Waals surface area contributed by atoms with Crippen LogP contribution in [0.25, 0.3) is 11.4 Å². The van der Waals surface area contributed by atoms with Crippen molar-refractivity contribution in [3.05, 3.63) is 66.1 Å². The second kappa shape index (κ2) is 8.29. The van der Waals surface area contributed by atoms with Crippen LogP contribution in [0.5, 0.6) is 5.75 Å². The van der Waals surface area contributed by atoms with E-state index in [1.165, 1.54) is 0 Å². The van der Waals surface area contributed by atoms with Crippen LogP contribution in [0.2, 0.25) is 0 Å². The van der Waals surface area contributed by atoms with Crippen LogP contribution in [0.15, 0.2) is 59.1 Å². The Morgan fingerprint density at radius 1 is 1.12 bits per heavy atom. The zero-order chi connectivity index (χ0) is 17.1. The van der Waals surface area contributed by atoms with Gasteiger partial charge in [-0.2, -0.15) is 4.98 Å². The van der Waals surface area contributed by atoms with Gasteiger partial charge in [-0.15, -0.1) is 12.4 Å². The van der Waals surface area contributed by atoms with Crippen molar-refractivity contribution in [3.8, 4) is 17.1 Å². The van der Waals surface area contributed by atoms with Gasteiger partial charge >= 0.3 is 0 Å². The van der Waals surface area contributed by atoms with Crippen molar-refractivity contribution >= 4 is 12.4 Å². The standard InChI is InChI=1S/C19H18FN3O2.ClH/c20-14-10-16(21-11-14)19-22-18(23-25-19)15-8-4-5-9-17(15)24-12-13-6-2-1-3-7-13;/h1-9,14,16,21H,10-12H2;1H/t14-,16+;/m0./s1. The maximum absolute atomic E-state index is 13.3. The van der Waals surface area contributed by atoms with Gasteiger partial charge in [-0.05, 0) is 17.7 Å². The quantitative estimate of drug-likeness (QED) is 0.727. The van der Waals surface area contributed by atoms with E-state index in [1.807, 2.05) is 54.6 Å². The van der Waals surface area contributed by atoms with E-state index in [1.54, 1.807) is 0 Å². The molecular weight excluding hydrogens is 357 g/mol. The van der Waals surface area contributed by atoms with Gasteiger partial charge in [0.15, 0.2) is 0 Å².